The first kappa shape index (κ1) is 27.7. The Balaban J connectivity index is 1.39. The molecule has 0 radical (unpaired) electrons. The molecule has 2 saturated carbocycles. The van der Waals surface area contributed by atoms with Gasteiger partial charge < -0.3 is 14.9 Å². The van der Waals surface area contributed by atoms with Gasteiger partial charge in [0.25, 0.3) is 0 Å². The van der Waals surface area contributed by atoms with Crippen LogP contribution in [0.3, 0.4) is 0 Å². The summed E-state index contributed by atoms with van der Waals surface area (Å²) in [6.45, 7) is 8.47. The van der Waals surface area contributed by atoms with Gasteiger partial charge in [0.05, 0.1) is 25.1 Å². The molecule has 1 N–H and O–H groups in total. The summed E-state index contributed by atoms with van der Waals surface area (Å²) in [5.74, 6) is -1.57. The normalized spacial score (nSPS) is 30.7. The lowest BCUT2D eigenvalue weighted by Gasteiger charge is -2.54. The Morgan fingerprint density at radius 2 is 1.69 bits per heavy atom. The lowest BCUT2D eigenvalue weighted by atomic mass is 9.65. The van der Waals surface area contributed by atoms with E-state index in [1.165, 1.54) is 19.8 Å². The molecule has 1 spiro atoms. The molecule has 2 heterocycles. The third kappa shape index (κ3) is 5.87. The minimum Gasteiger partial charge on any atom is -0.387 e. The van der Waals surface area contributed by atoms with Gasteiger partial charge in [-0.3, -0.25) is 14.5 Å². The molecule has 0 aromatic carbocycles. The third-order valence-corrected chi connectivity index (χ3v) is 9.73. The van der Waals surface area contributed by atoms with Gasteiger partial charge in [0.15, 0.2) is 0 Å². The highest BCUT2D eigenvalue weighted by Crippen LogP contribution is 2.51. The molecule has 4 rings (SSSR count). The third-order valence-electron chi connectivity index (χ3n) is 9.73. The van der Waals surface area contributed by atoms with Gasteiger partial charge in [-0.15, -0.1) is 0 Å². The number of nitrogens with zero attached hydrogens (tertiary/aromatic N) is 3. The summed E-state index contributed by atoms with van der Waals surface area (Å²) in [5.41, 5.74) is -1.31. The molecule has 4 aliphatic rings. The fourth-order valence-corrected chi connectivity index (χ4v) is 7.30. The van der Waals surface area contributed by atoms with Crippen molar-refractivity contribution in [3.05, 3.63) is 0 Å². The fraction of sp³-hybridized carbons (Fsp3) is 0.926. The number of aliphatic hydroxyl groups is 1. The van der Waals surface area contributed by atoms with E-state index in [0.29, 0.717) is 31.0 Å². The molecule has 2 aliphatic heterocycles. The van der Waals surface area contributed by atoms with Crippen molar-refractivity contribution in [2.24, 2.45) is 16.7 Å². The zero-order chi connectivity index (χ0) is 26.4. The minimum atomic E-state index is -4.38. The van der Waals surface area contributed by atoms with Crippen LogP contribution in [0.25, 0.3) is 0 Å². The molecule has 2 atom stereocenters. The van der Waals surface area contributed by atoms with E-state index in [1.54, 1.807) is 9.80 Å². The van der Waals surface area contributed by atoms with Gasteiger partial charge in [0, 0.05) is 43.6 Å². The summed E-state index contributed by atoms with van der Waals surface area (Å²) in [6, 6.07) is 0.446. The maximum absolute atomic E-state index is 13.2. The summed E-state index contributed by atoms with van der Waals surface area (Å²) in [7, 11) is 0. The first-order valence-electron chi connectivity index (χ1n) is 13.8. The van der Waals surface area contributed by atoms with Crippen LogP contribution < -0.4 is 0 Å². The minimum absolute atomic E-state index is 0.0463. The van der Waals surface area contributed by atoms with E-state index in [2.05, 4.69) is 18.7 Å². The van der Waals surface area contributed by atoms with Crippen LogP contribution in [0.15, 0.2) is 0 Å². The molecule has 206 valence electrons. The number of carbonyl (C=O) groups excluding carboxylic acids is 2. The van der Waals surface area contributed by atoms with Crippen LogP contribution in [0.1, 0.15) is 85.0 Å². The molecule has 2 aliphatic carbocycles. The zero-order valence-electron chi connectivity index (χ0n) is 22.2. The molecule has 36 heavy (non-hydrogen) atoms. The Kier molecular flexibility index (Phi) is 7.75. The molecular weight excluding hydrogens is 471 g/mol. The highest BCUT2D eigenvalue weighted by molar-refractivity contribution is 5.79. The number of hydrogen-bond acceptors (Lipinski definition) is 4. The monoisotopic (exact) mass is 515 g/mol. The van der Waals surface area contributed by atoms with E-state index >= 15 is 0 Å². The van der Waals surface area contributed by atoms with E-state index in [4.69, 9.17) is 0 Å². The lowest BCUT2D eigenvalue weighted by Crippen LogP contribution is -2.66. The number of piperidine rings is 1. The fourth-order valence-electron chi connectivity index (χ4n) is 7.30. The Morgan fingerprint density at radius 3 is 2.28 bits per heavy atom. The van der Waals surface area contributed by atoms with Crippen molar-refractivity contribution in [2.75, 3.05) is 39.3 Å². The van der Waals surface area contributed by atoms with E-state index in [0.717, 1.165) is 45.1 Å². The van der Waals surface area contributed by atoms with Gasteiger partial charge in [-0.25, -0.2) is 0 Å². The molecule has 0 aromatic rings. The average Bonchev–Trinajstić information content (AvgIpc) is 3.26. The van der Waals surface area contributed by atoms with Gasteiger partial charge in [0.2, 0.25) is 11.8 Å². The second-order valence-electron chi connectivity index (χ2n) is 12.9. The van der Waals surface area contributed by atoms with Crippen molar-refractivity contribution in [3.8, 4) is 0 Å². The van der Waals surface area contributed by atoms with Crippen LogP contribution in [-0.4, -0.2) is 88.7 Å². The summed E-state index contributed by atoms with van der Waals surface area (Å²) in [6.07, 6.45) is 2.65. The Hall–Kier alpha value is -1.35. The number of alkyl halides is 3. The van der Waals surface area contributed by atoms with Gasteiger partial charge >= 0.3 is 6.18 Å². The molecule has 9 heteroatoms. The first-order valence-corrected chi connectivity index (χ1v) is 13.8. The van der Waals surface area contributed by atoms with Gasteiger partial charge in [-0.1, -0.05) is 33.6 Å². The zero-order valence-corrected chi connectivity index (χ0v) is 22.2. The maximum atomic E-state index is 13.2. The Bertz CT molecular complexity index is 817. The largest absolute Gasteiger partial charge is 0.389 e. The Morgan fingerprint density at radius 1 is 1.06 bits per heavy atom. The van der Waals surface area contributed by atoms with Crippen molar-refractivity contribution in [1.29, 1.82) is 0 Å². The predicted octanol–water partition coefficient (Wildman–Crippen LogP) is 4.21. The number of piperazine rings is 1. The summed E-state index contributed by atoms with van der Waals surface area (Å²) in [5, 5.41) is 12.0. The van der Waals surface area contributed by atoms with Crippen LogP contribution >= 0.6 is 0 Å². The highest BCUT2D eigenvalue weighted by Gasteiger charge is 2.57. The molecule has 0 aromatic heterocycles. The van der Waals surface area contributed by atoms with Crippen molar-refractivity contribution < 1.29 is 27.9 Å². The van der Waals surface area contributed by atoms with Gasteiger partial charge in [0.1, 0.15) is 0 Å². The summed E-state index contributed by atoms with van der Waals surface area (Å²) < 4.78 is 38.6. The average molecular weight is 516 g/mol. The second-order valence-corrected chi connectivity index (χ2v) is 12.9. The highest BCUT2D eigenvalue weighted by atomic mass is 19.4. The van der Waals surface area contributed by atoms with Crippen molar-refractivity contribution >= 4 is 11.8 Å². The van der Waals surface area contributed by atoms with Gasteiger partial charge in [-0.05, 0) is 50.4 Å². The van der Waals surface area contributed by atoms with Gasteiger partial charge in [-0.2, -0.15) is 13.2 Å². The van der Waals surface area contributed by atoms with E-state index in [1.807, 2.05) is 0 Å². The van der Waals surface area contributed by atoms with E-state index in [-0.39, 0.29) is 25.5 Å². The van der Waals surface area contributed by atoms with Crippen LogP contribution in [0.5, 0.6) is 0 Å². The molecule has 2 saturated heterocycles. The summed E-state index contributed by atoms with van der Waals surface area (Å²) >= 11 is 0. The standard InChI is InChI=1S/C27H44F3N3O3/c1-20(16-27(28,29)30)23(35)33-13-12-26(36,25(18-33)8-4-5-9-25)19-32-15-14-31(17-22(32)34)21-6-10-24(2,3)11-7-21/h20-21,36H,4-19H2,1-3H3. The molecule has 2 amide bonds. The number of rotatable bonds is 5. The maximum Gasteiger partial charge on any atom is 0.389 e. The molecule has 6 nitrogen and oxygen atoms in total. The molecule has 4 fully saturated rings. The Labute approximate surface area is 213 Å². The number of amides is 2. The van der Waals surface area contributed by atoms with Crippen LogP contribution in [0, 0.1) is 16.7 Å². The molecular formula is C27H44F3N3O3. The van der Waals surface area contributed by atoms with E-state index < -0.39 is 35.4 Å². The van der Waals surface area contributed by atoms with Crippen molar-refractivity contribution in [3.63, 3.8) is 0 Å². The smallest absolute Gasteiger partial charge is 0.387 e. The van der Waals surface area contributed by atoms with Crippen LogP contribution in [0.2, 0.25) is 0 Å². The number of carbonyl (C=O) groups is 2. The molecule has 2 unspecified atom stereocenters. The SMILES string of the molecule is CC(CC(F)(F)F)C(=O)N1CCC(O)(CN2CCN(C3CCC(C)(C)CC3)CC2=O)C2(CCCC2)C1. The van der Waals surface area contributed by atoms with E-state index in [9.17, 15) is 27.9 Å². The topological polar surface area (TPSA) is 64.1 Å². The van der Waals surface area contributed by atoms with Crippen LogP contribution in [-0.2, 0) is 9.59 Å². The second kappa shape index (κ2) is 10.1. The summed E-state index contributed by atoms with van der Waals surface area (Å²) in [4.78, 5) is 31.7. The van der Waals surface area contributed by atoms with Crippen molar-refractivity contribution in [1.82, 2.24) is 14.7 Å². The van der Waals surface area contributed by atoms with Crippen molar-refractivity contribution in [2.45, 2.75) is 103 Å². The number of β-amino-alcohol motifs (C(OH)–C–C–N with tert-alkyl or cyclic N) is 1. The number of halogens is 3. The lowest BCUT2D eigenvalue weighted by molar-refractivity contribution is -0.177. The number of hydrogen-bond donors (Lipinski definition) is 1. The number of likely N-dealkylation sites (tertiary alicyclic amines) is 1. The van der Waals surface area contributed by atoms with Crippen LogP contribution in [0.4, 0.5) is 13.2 Å². The predicted molar refractivity (Wildman–Crippen MR) is 131 cm³/mol. The quantitative estimate of drug-likeness (QED) is 0.596. The first-order chi connectivity index (χ1) is 16.7. The molecule has 0 bridgehead atoms.